The van der Waals surface area contributed by atoms with Crippen molar-refractivity contribution in [3.63, 3.8) is 0 Å². The summed E-state index contributed by atoms with van der Waals surface area (Å²) in [6.45, 7) is 5.33. The van der Waals surface area contributed by atoms with Crippen molar-refractivity contribution >= 4 is 17.3 Å². The van der Waals surface area contributed by atoms with E-state index >= 15 is 0 Å². The number of hydrogen-bond acceptors (Lipinski definition) is 4. The number of para-hydroxylation sites is 1. The summed E-state index contributed by atoms with van der Waals surface area (Å²) in [6.07, 6.45) is 3.91. The summed E-state index contributed by atoms with van der Waals surface area (Å²) in [5, 5.41) is 14.0. The van der Waals surface area contributed by atoms with E-state index in [4.69, 9.17) is 5.73 Å². The van der Waals surface area contributed by atoms with Gasteiger partial charge in [-0.3, -0.25) is 4.79 Å². The summed E-state index contributed by atoms with van der Waals surface area (Å²) in [5.74, 6) is -0.0805. The molecule has 0 spiro atoms. The Hall–Kier alpha value is -2.37. The van der Waals surface area contributed by atoms with Crippen LogP contribution in [0.4, 0.5) is 11.4 Å². The number of nitrogens with zero attached hydrogens (tertiary/aromatic N) is 1. The second kappa shape index (κ2) is 9.22. The highest BCUT2D eigenvalue weighted by atomic mass is 16.3. The second-order valence-corrected chi connectivity index (χ2v) is 7.67. The van der Waals surface area contributed by atoms with Crippen LogP contribution in [0.2, 0.25) is 0 Å². The minimum Gasteiger partial charge on any atom is -0.374 e. The summed E-state index contributed by atoms with van der Waals surface area (Å²) >= 11 is 0. The van der Waals surface area contributed by atoms with Crippen molar-refractivity contribution in [3.8, 4) is 0 Å². The van der Waals surface area contributed by atoms with Crippen molar-refractivity contribution in [3.05, 3.63) is 58.7 Å². The molecule has 1 amide bonds. The molecule has 150 valence electrons. The molecule has 2 aromatic rings. The summed E-state index contributed by atoms with van der Waals surface area (Å²) in [6, 6.07) is 12.0. The van der Waals surface area contributed by atoms with Gasteiger partial charge in [0.1, 0.15) is 6.23 Å². The normalized spacial score (nSPS) is 14.3. The number of nitrogens with two attached hydrogens (primary N) is 1. The van der Waals surface area contributed by atoms with Gasteiger partial charge in [-0.15, -0.1) is 0 Å². The summed E-state index contributed by atoms with van der Waals surface area (Å²) in [7, 11) is 0. The third kappa shape index (κ3) is 4.54. The SMILES string of the molecule is Cc1cccc(C)c1Nc1ccc2c(c1)CN(C(O)CCCCCCN)C2=O. The van der Waals surface area contributed by atoms with Crippen LogP contribution in [-0.2, 0) is 6.54 Å². The number of carbonyl (C=O) groups excluding carboxylic acids is 1. The highest BCUT2D eigenvalue weighted by Gasteiger charge is 2.31. The molecule has 1 aliphatic heterocycles. The van der Waals surface area contributed by atoms with E-state index < -0.39 is 6.23 Å². The van der Waals surface area contributed by atoms with E-state index in [0.29, 0.717) is 25.1 Å². The number of benzene rings is 2. The largest absolute Gasteiger partial charge is 0.374 e. The lowest BCUT2D eigenvalue weighted by molar-refractivity contribution is 0.00341. The maximum absolute atomic E-state index is 12.7. The van der Waals surface area contributed by atoms with Crippen molar-refractivity contribution in [2.45, 2.75) is 58.7 Å². The Kier molecular flexibility index (Phi) is 6.70. The van der Waals surface area contributed by atoms with Gasteiger partial charge in [0, 0.05) is 23.5 Å². The second-order valence-electron chi connectivity index (χ2n) is 7.67. The molecule has 1 aliphatic rings. The molecule has 0 aliphatic carbocycles. The van der Waals surface area contributed by atoms with Crippen LogP contribution in [0, 0.1) is 13.8 Å². The average Bonchev–Trinajstić information content (AvgIpc) is 3.01. The molecule has 5 nitrogen and oxygen atoms in total. The van der Waals surface area contributed by atoms with Gasteiger partial charge in [-0.1, -0.05) is 31.0 Å². The molecule has 3 rings (SSSR count). The van der Waals surface area contributed by atoms with Gasteiger partial charge in [-0.2, -0.15) is 0 Å². The van der Waals surface area contributed by atoms with Crippen molar-refractivity contribution in [2.24, 2.45) is 5.73 Å². The molecule has 0 aromatic heterocycles. The maximum atomic E-state index is 12.7. The Morgan fingerprint density at radius 2 is 1.82 bits per heavy atom. The Bertz CT molecular complexity index is 814. The first kappa shape index (κ1) is 20.4. The first-order valence-electron chi connectivity index (χ1n) is 10.2. The molecule has 0 saturated carbocycles. The molecule has 0 saturated heterocycles. The van der Waals surface area contributed by atoms with Crippen LogP contribution < -0.4 is 11.1 Å². The number of aliphatic hydroxyl groups is 1. The lowest BCUT2D eigenvalue weighted by atomic mass is 10.1. The van der Waals surface area contributed by atoms with Gasteiger partial charge < -0.3 is 21.1 Å². The molecule has 0 radical (unpaired) electrons. The van der Waals surface area contributed by atoms with Gasteiger partial charge in [-0.25, -0.2) is 0 Å². The molecule has 28 heavy (non-hydrogen) atoms. The van der Waals surface area contributed by atoms with Crippen LogP contribution in [0.15, 0.2) is 36.4 Å². The third-order valence-electron chi connectivity index (χ3n) is 5.46. The number of aryl methyl sites for hydroxylation is 2. The molecular formula is C23H31N3O2. The minimum atomic E-state index is -0.729. The van der Waals surface area contributed by atoms with Gasteiger partial charge in [0.2, 0.25) is 0 Å². The molecule has 2 aromatic carbocycles. The number of hydrogen-bond donors (Lipinski definition) is 3. The molecule has 5 heteroatoms. The van der Waals surface area contributed by atoms with Crippen LogP contribution in [0.1, 0.15) is 59.2 Å². The van der Waals surface area contributed by atoms with Crippen molar-refractivity contribution in [1.82, 2.24) is 4.90 Å². The molecule has 0 fully saturated rings. The van der Waals surface area contributed by atoms with E-state index in [1.165, 1.54) is 11.1 Å². The van der Waals surface area contributed by atoms with Crippen LogP contribution >= 0.6 is 0 Å². The summed E-state index contributed by atoms with van der Waals surface area (Å²) in [4.78, 5) is 14.3. The average molecular weight is 382 g/mol. The molecular weight excluding hydrogens is 350 g/mol. The van der Waals surface area contributed by atoms with Crippen molar-refractivity contribution in [1.29, 1.82) is 0 Å². The lowest BCUT2D eigenvalue weighted by Gasteiger charge is -2.22. The number of aliphatic hydroxyl groups excluding tert-OH is 1. The zero-order valence-electron chi connectivity index (χ0n) is 16.9. The maximum Gasteiger partial charge on any atom is 0.256 e. The quantitative estimate of drug-likeness (QED) is 0.568. The number of rotatable bonds is 9. The predicted octanol–water partition coefficient (Wildman–Crippen LogP) is 4.23. The van der Waals surface area contributed by atoms with E-state index in [-0.39, 0.29) is 5.91 Å². The number of amides is 1. The van der Waals surface area contributed by atoms with Gasteiger partial charge in [0.05, 0.1) is 0 Å². The monoisotopic (exact) mass is 381 g/mol. The predicted molar refractivity (Wildman–Crippen MR) is 114 cm³/mol. The highest BCUT2D eigenvalue weighted by molar-refractivity contribution is 5.99. The fourth-order valence-electron chi connectivity index (χ4n) is 3.80. The fraction of sp³-hybridized carbons (Fsp3) is 0.435. The number of carbonyl (C=O) groups is 1. The lowest BCUT2D eigenvalue weighted by Crippen LogP contribution is -2.35. The molecule has 0 bridgehead atoms. The van der Waals surface area contributed by atoms with Crippen LogP contribution in [0.3, 0.4) is 0 Å². The summed E-state index contributed by atoms with van der Waals surface area (Å²) in [5.41, 5.74) is 11.6. The van der Waals surface area contributed by atoms with E-state index in [2.05, 4.69) is 31.3 Å². The number of fused-ring (bicyclic) bond motifs is 1. The van der Waals surface area contributed by atoms with E-state index in [0.717, 1.165) is 42.6 Å². The van der Waals surface area contributed by atoms with Crippen LogP contribution in [0.5, 0.6) is 0 Å². The zero-order chi connectivity index (χ0) is 20.1. The topological polar surface area (TPSA) is 78.6 Å². The van der Waals surface area contributed by atoms with Gasteiger partial charge in [0.15, 0.2) is 0 Å². The van der Waals surface area contributed by atoms with Gasteiger partial charge >= 0.3 is 0 Å². The van der Waals surface area contributed by atoms with Gasteiger partial charge in [0.25, 0.3) is 5.91 Å². The zero-order valence-corrected chi connectivity index (χ0v) is 16.9. The fourth-order valence-corrected chi connectivity index (χ4v) is 3.80. The smallest absolute Gasteiger partial charge is 0.256 e. The van der Waals surface area contributed by atoms with Crippen molar-refractivity contribution < 1.29 is 9.90 Å². The Morgan fingerprint density at radius 3 is 2.54 bits per heavy atom. The standard InChI is InChI=1S/C23H31N3O2/c1-16-8-7-9-17(2)22(16)25-19-11-12-20-18(14-19)15-26(23(20)28)21(27)10-5-3-4-6-13-24/h7-9,11-12,14,21,25,27H,3-6,10,13,15,24H2,1-2H3. The molecule has 1 unspecified atom stereocenters. The van der Waals surface area contributed by atoms with E-state index in [9.17, 15) is 9.90 Å². The summed E-state index contributed by atoms with van der Waals surface area (Å²) < 4.78 is 0. The highest BCUT2D eigenvalue weighted by Crippen LogP contribution is 2.30. The Morgan fingerprint density at radius 1 is 1.11 bits per heavy atom. The van der Waals surface area contributed by atoms with Crippen molar-refractivity contribution in [2.75, 3.05) is 11.9 Å². The van der Waals surface area contributed by atoms with E-state index in [1.54, 1.807) is 4.90 Å². The number of anilines is 2. The number of nitrogens with one attached hydrogen (secondary N) is 1. The van der Waals surface area contributed by atoms with Crippen LogP contribution in [0.25, 0.3) is 0 Å². The first-order chi connectivity index (χ1) is 13.5. The molecule has 4 N–H and O–H groups in total. The number of unbranched alkanes of at least 4 members (excludes halogenated alkanes) is 3. The Balaban J connectivity index is 1.65. The van der Waals surface area contributed by atoms with E-state index in [1.807, 2.05) is 24.3 Å². The van der Waals surface area contributed by atoms with Gasteiger partial charge in [-0.05, 0) is 74.5 Å². The third-order valence-corrected chi connectivity index (χ3v) is 5.46. The minimum absolute atomic E-state index is 0.0805. The molecule has 1 heterocycles. The molecule has 1 atom stereocenters. The van der Waals surface area contributed by atoms with Crippen LogP contribution in [-0.4, -0.2) is 28.7 Å². The first-order valence-corrected chi connectivity index (χ1v) is 10.2. The Labute approximate surface area is 167 Å².